The number of hydrogen-bond donors (Lipinski definition) is 2. The molecular weight excluding hydrogens is 229 g/mol. The van der Waals surface area contributed by atoms with Crippen molar-refractivity contribution in [3.8, 4) is 0 Å². The minimum Gasteiger partial charge on any atom is -0.330 e. The van der Waals surface area contributed by atoms with Crippen LogP contribution in [0.1, 0.15) is 12.8 Å². The highest BCUT2D eigenvalue weighted by atomic mass is 19.1. The number of carbonyl (C=O) groups excluding carboxylic acids is 1. The molecule has 17 heavy (non-hydrogen) atoms. The zero-order valence-corrected chi connectivity index (χ0v) is 8.98. The third-order valence-corrected chi connectivity index (χ3v) is 2.04. The van der Waals surface area contributed by atoms with Gasteiger partial charge in [-0.25, -0.2) is 4.39 Å². The average molecular weight is 241 g/mol. The summed E-state index contributed by atoms with van der Waals surface area (Å²) in [6, 6.07) is 2.97. The Labute approximate surface area is 96.8 Å². The Kier molecular flexibility index (Phi) is 4.53. The number of nitro benzene ring substituents is 1. The molecule has 6 nitrogen and oxygen atoms in total. The molecule has 1 aromatic rings. The molecule has 0 saturated heterocycles. The first-order valence-corrected chi connectivity index (χ1v) is 4.98. The Balaban J connectivity index is 2.83. The number of nitrogens with zero attached hydrogens (tertiary/aromatic N) is 1. The Bertz CT molecular complexity index is 437. The van der Waals surface area contributed by atoms with E-state index in [2.05, 4.69) is 5.32 Å². The van der Waals surface area contributed by atoms with Crippen molar-refractivity contribution in [2.45, 2.75) is 12.8 Å². The fraction of sp³-hybridized carbons (Fsp3) is 0.300. The van der Waals surface area contributed by atoms with Crippen LogP contribution in [0.15, 0.2) is 18.2 Å². The van der Waals surface area contributed by atoms with Crippen molar-refractivity contribution in [3.05, 3.63) is 34.1 Å². The molecule has 0 aliphatic heterocycles. The number of nitro groups is 1. The molecule has 0 aromatic heterocycles. The van der Waals surface area contributed by atoms with Gasteiger partial charge in [0.1, 0.15) is 11.5 Å². The van der Waals surface area contributed by atoms with Crippen molar-refractivity contribution >= 4 is 17.3 Å². The lowest BCUT2D eigenvalue weighted by Crippen LogP contribution is -2.14. The lowest BCUT2D eigenvalue weighted by atomic mass is 10.2. The van der Waals surface area contributed by atoms with Crippen molar-refractivity contribution in [1.29, 1.82) is 0 Å². The van der Waals surface area contributed by atoms with Crippen LogP contribution in [-0.2, 0) is 4.79 Å². The van der Waals surface area contributed by atoms with Gasteiger partial charge in [0, 0.05) is 6.42 Å². The van der Waals surface area contributed by atoms with Crippen molar-refractivity contribution in [2.24, 2.45) is 5.73 Å². The van der Waals surface area contributed by atoms with Crippen LogP contribution in [0.5, 0.6) is 0 Å². The molecule has 1 amide bonds. The number of rotatable bonds is 5. The molecule has 1 rings (SSSR count). The summed E-state index contributed by atoms with van der Waals surface area (Å²) in [5.41, 5.74) is 4.75. The summed E-state index contributed by atoms with van der Waals surface area (Å²) in [6.07, 6.45) is 0.659. The van der Waals surface area contributed by atoms with Gasteiger partial charge in [-0.2, -0.15) is 0 Å². The maximum Gasteiger partial charge on any atom is 0.295 e. The summed E-state index contributed by atoms with van der Waals surface area (Å²) >= 11 is 0. The summed E-state index contributed by atoms with van der Waals surface area (Å²) in [6.45, 7) is 0.360. The van der Waals surface area contributed by atoms with E-state index >= 15 is 0 Å². The van der Waals surface area contributed by atoms with E-state index < -0.39 is 16.4 Å². The van der Waals surface area contributed by atoms with Crippen LogP contribution in [0.2, 0.25) is 0 Å². The first kappa shape index (κ1) is 13.0. The van der Waals surface area contributed by atoms with Gasteiger partial charge in [-0.1, -0.05) is 0 Å². The normalized spacial score (nSPS) is 10.0. The molecule has 0 aliphatic rings. The molecule has 0 unspecified atom stereocenters. The van der Waals surface area contributed by atoms with Gasteiger partial charge in [-0.15, -0.1) is 0 Å². The number of amides is 1. The van der Waals surface area contributed by atoms with E-state index in [1.807, 2.05) is 0 Å². The smallest absolute Gasteiger partial charge is 0.295 e. The maximum atomic E-state index is 12.8. The largest absolute Gasteiger partial charge is 0.330 e. The fourth-order valence-electron chi connectivity index (χ4n) is 1.24. The molecule has 0 spiro atoms. The van der Waals surface area contributed by atoms with Gasteiger partial charge < -0.3 is 11.1 Å². The molecule has 0 aliphatic carbocycles. The molecule has 0 fully saturated rings. The van der Waals surface area contributed by atoms with Gasteiger partial charge in [0.2, 0.25) is 5.91 Å². The second kappa shape index (κ2) is 5.90. The number of benzene rings is 1. The van der Waals surface area contributed by atoms with Crippen molar-refractivity contribution in [2.75, 3.05) is 11.9 Å². The van der Waals surface area contributed by atoms with Gasteiger partial charge in [0.25, 0.3) is 5.69 Å². The second-order valence-corrected chi connectivity index (χ2v) is 3.36. The highest BCUT2D eigenvalue weighted by Gasteiger charge is 2.16. The second-order valence-electron chi connectivity index (χ2n) is 3.36. The van der Waals surface area contributed by atoms with Crippen LogP contribution in [0.4, 0.5) is 15.8 Å². The molecule has 0 bridgehead atoms. The van der Waals surface area contributed by atoms with Crippen LogP contribution in [0.25, 0.3) is 0 Å². The SMILES string of the molecule is NCCCC(=O)Nc1ccc(F)cc1[N+](=O)[O-]. The Morgan fingerprint density at radius 3 is 2.82 bits per heavy atom. The maximum absolute atomic E-state index is 12.8. The van der Waals surface area contributed by atoms with Crippen molar-refractivity contribution < 1.29 is 14.1 Å². The van der Waals surface area contributed by atoms with E-state index in [-0.39, 0.29) is 18.0 Å². The molecule has 0 atom stereocenters. The van der Waals surface area contributed by atoms with Crippen LogP contribution in [0.3, 0.4) is 0 Å². The summed E-state index contributed by atoms with van der Waals surface area (Å²) in [5, 5.41) is 13.0. The minimum atomic E-state index is -0.748. The first-order valence-electron chi connectivity index (χ1n) is 4.98. The number of nitrogens with one attached hydrogen (secondary N) is 1. The summed E-state index contributed by atoms with van der Waals surface area (Å²) in [5.74, 6) is -1.11. The highest BCUT2D eigenvalue weighted by Crippen LogP contribution is 2.25. The van der Waals surface area contributed by atoms with Crippen LogP contribution >= 0.6 is 0 Å². The molecule has 7 heteroatoms. The summed E-state index contributed by atoms with van der Waals surface area (Å²) in [4.78, 5) is 21.2. The average Bonchev–Trinajstić information content (AvgIpc) is 2.28. The topological polar surface area (TPSA) is 98.3 Å². The molecule has 0 heterocycles. The van der Waals surface area contributed by atoms with Crippen molar-refractivity contribution in [1.82, 2.24) is 0 Å². The zero-order chi connectivity index (χ0) is 12.8. The van der Waals surface area contributed by atoms with E-state index in [4.69, 9.17) is 5.73 Å². The van der Waals surface area contributed by atoms with E-state index in [1.165, 1.54) is 0 Å². The number of carbonyl (C=O) groups is 1. The lowest BCUT2D eigenvalue weighted by molar-refractivity contribution is -0.384. The van der Waals surface area contributed by atoms with Crippen LogP contribution in [0, 0.1) is 15.9 Å². The lowest BCUT2D eigenvalue weighted by Gasteiger charge is -2.05. The summed E-state index contributed by atoms with van der Waals surface area (Å²) < 4.78 is 12.8. The third kappa shape index (κ3) is 3.80. The van der Waals surface area contributed by atoms with Gasteiger partial charge in [0.15, 0.2) is 0 Å². The number of hydrogen-bond acceptors (Lipinski definition) is 4. The van der Waals surface area contributed by atoms with Gasteiger partial charge in [-0.05, 0) is 25.1 Å². The monoisotopic (exact) mass is 241 g/mol. The van der Waals surface area contributed by atoms with Crippen LogP contribution < -0.4 is 11.1 Å². The first-order chi connectivity index (χ1) is 8.04. The minimum absolute atomic E-state index is 0.0154. The fourth-order valence-corrected chi connectivity index (χ4v) is 1.24. The predicted molar refractivity (Wildman–Crippen MR) is 60.0 cm³/mol. The number of halogens is 1. The van der Waals surface area contributed by atoms with Gasteiger partial charge >= 0.3 is 0 Å². The Morgan fingerprint density at radius 1 is 1.53 bits per heavy atom. The van der Waals surface area contributed by atoms with E-state index in [0.717, 1.165) is 18.2 Å². The molecule has 3 N–H and O–H groups in total. The van der Waals surface area contributed by atoms with Gasteiger partial charge in [-0.3, -0.25) is 14.9 Å². The highest BCUT2D eigenvalue weighted by molar-refractivity contribution is 5.93. The molecular formula is C10H12FN3O3. The molecule has 0 saturated carbocycles. The molecule has 1 aromatic carbocycles. The summed E-state index contributed by atoms with van der Waals surface area (Å²) in [7, 11) is 0. The number of anilines is 1. The van der Waals surface area contributed by atoms with Crippen LogP contribution in [-0.4, -0.2) is 17.4 Å². The molecule has 92 valence electrons. The molecule has 0 radical (unpaired) electrons. The van der Waals surface area contributed by atoms with Crippen molar-refractivity contribution in [3.63, 3.8) is 0 Å². The number of nitrogens with two attached hydrogens (primary N) is 1. The van der Waals surface area contributed by atoms with E-state index in [1.54, 1.807) is 0 Å². The third-order valence-electron chi connectivity index (χ3n) is 2.04. The van der Waals surface area contributed by atoms with E-state index in [0.29, 0.717) is 13.0 Å². The standard InChI is InChI=1S/C10H12FN3O3/c11-7-3-4-8(9(6-7)14(16)17)13-10(15)2-1-5-12/h3-4,6H,1-2,5,12H2,(H,13,15). The predicted octanol–water partition coefficient (Wildman–Crippen LogP) is 1.41. The zero-order valence-electron chi connectivity index (χ0n) is 8.98. The Morgan fingerprint density at radius 2 is 2.24 bits per heavy atom. The quantitative estimate of drug-likeness (QED) is 0.601. The van der Waals surface area contributed by atoms with E-state index in [9.17, 15) is 19.3 Å². The Hall–Kier alpha value is -2.02. The van der Waals surface area contributed by atoms with Gasteiger partial charge in [0.05, 0.1) is 11.0 Å².